The van der Waals surface area contributed by atoms with Crippen LogP contribution in [-0.4, -0.2) is 39.3 Å². The summed E-state index contributed by atoms with van der Waals surface area (Å²) in [4.78, 5) is 0. The number of thioether (sulfide) groups is 1. The van der Waals surface area contributed by atoms with E-state index in [4.69, 9.17) is 0 Å². The fourth-order valence-corrected chi connectivity index (χ4v) is 3.91. The number of hydrogen-bond donors (Lipinski definition) is 2. The molecule has 1 aromatic heterocycles. The summed E-state index contributed by atoms with van der Waals surface area (Å²) in [5, 5.41) is 18.9. The van der Waals surface area contributed by atoms with E-state index in [1.807, 2.05) is 37.5 Å². The van der Waals surface area contributed by atoms with Gasteiger partial charge in [-0.2, -0.15) is 5.10 Å². The maximum atomic E-state index is 9.47. The highest BCUT2D eigenvalue weighted by Crippen LogP contribution is 2.39. The standard InChI is InChI=1S/C12H21N3OS/c1-9-6-11(15(3)14-9)17-10-4-5-12(7-10,8-16)13-2/h6,10,13,16H,4-5,7-8H2,1-3H3. The van der Waals surface area contributed by atoms with E-state index in [1.165, 1.54) is 5.03 Å². The fraction of sp³-hybridized carbons (Fsp3) is 0.750. The maximum Gasteiger partial charge on any atom is 0.0942 e. The second-order valence-electron chi connectivity index (χ2n) is 4.92. The van der Waals surface area contributed by atoms with Crippen LogP contribution in [0.15, 0.2) is 11.1 Å². The van der Waals surface area contributed by atoms with Gasteiger partial charge in [0.1, 0.15) is 0 Å². The van der Waals surface area contributed by atoms with Gasteiger partial charge in [0.25, 0.3) is 0 Å². The largest absolute Gasteiger partial charge is 0.394 e. The van der Waals surface area contributed by atoms with Crippen molar-refractivity contribution in [1.82, 2.24) is 15.1 Å². The highest BCUT2D eigenvalue weighted by atomic mass is 32.2. The zero-order chi connectivity index (χ0) is 12.5. The average molecular weight is 255 g/mol. The molecule has 0 bridgehead atoms. The molecular weight excluding hydrogens is 234 g/mol. The van der Waals surface area contributed by atoms with E-state index in [9.17, 15) is 5.11 Å². The van der Waals surface area contributed by atoms with Gasteiger partial charge in [0.05, 0.1) is 17.3 Å². The summed E-state index contributed by atoms with van der Waals surface area (Å²) in [6.45, 7) is 2.25. The number of nitrogens with zero attached hydrogens (tertiary/aromatic N) is 2. The number of aliphatic hydroxyl groups is 1. The molecule has 17 heavy (non-hydrogen) atoms. The van der Waals surface area contributed by atoms with Crippen LogP contribution in [0.2, 0.25) is 0 Å². The van der Waals surface area contributed by atoms with Crippen LogP contribution in [-0.2, 0) is 7.05 Å². The first-order valence-electron chi connectivity index (χ1n) is 6.05. The highest BCUT2D eigenvalue weighted by molar-refractivity contribution is 7.99. The van der Waals surface area contributed by atoms with Gasteiger partial charge in [0, 0.05) is 17.8 Å². The van der Waals surface area contributed by atoms with Crippen LogP contribution >= 0.6 is 11.8 Å². The summed E-state index contributed by atoms with van der Waals surface area (Å²) in [6.07, 6.45) is 3.22. The molecule has 0 aliphatic heterocycles. The van der Waals surface area contributed by atoms with Crippen molar-refractivity contribution < 1.29 is 5.11 Å². The Morgan fingerprint density at radius 1 is 1.71 bits per heavy atom. The van der Waals surface area contributed by atoms with Crippen molar-refractivity contribution in [2.45, 2.75) is 42.0 Å². The van der Waals surface area contributed by atoms with E-state index in [-0.39, 0.29) is 12.1 Å². The summed E-state index contributed by atoms with van der Waals surface area (Å²) in [5.41, 5.74) is 1.00. The first-order chi connectivity index (χ1) is 8.08. The Hall–Kier alpha value is -0.520. The van der Waals surface area contributed by atoms with Gasteiger partial charge < -0.3 is 10.4 Å². The number of hydrogen-bond acceptors (Lipinski definition) is 4. The van der Waals surface area contributed by atoms with Gasteiger partial charge in [0.2, 0.25) is 0 Å². The third-order valence-corrected chi connectivity index (χ3v) is 5.00. The minimum atomic E-state index is -0.0642. The van der Waals surface area contributed by atoms with Crippen molar-refractivity contribution in [3.05, 3.63) is 11.8 Å². The molecule has 2 unspecified atom stereocenters. The first kappa shape index (κ1) is 12.9. The molecule has 1 aliphatic rings. The molecule has 2 atom stereocenters. The normalized spacial score (nSPS) is 28.8. The smallest absolute Gasteiger partial charge is 0.0942 e. The molecule has 0 amide bonds. The number of aryl methyl sites for hydroxylation is 2. The van der Waals surface area contributed by atoms with Gasteiger partial charge in [-0.25, -0.2) is 0 Å². The Bertz CT molecular complexity index is 387. The van der Waals surface area contributed by atoms with Crippen LogP contribution in [0.3, 0.4) is 0 Å². The van der Waals surface area contributed by atoms with E-state index in [0.717, 1.165) is 25.0 Å². The van der Waals surface area contributed by atoms with Crippen molar-refractivity contribution in [2.24, 2.45) is 7.05 Å². The molecule has 0 saturated heterocycles. The number of nitrogens with one attached hydrogen (secondary N) is 1. The molecule has 96 valence electrons. The molecule has 1 aliphatic carbocycles. The van der Waals surface area contributed by atoms with Crippen LogP contribution < -0.4 is 5.32 Å². The van der Waals surface area contributed by atoms with Crippen molar-refractivity contribution in [2.75, 3.05) is 13.7 Å². The van der Waals surface area contributed by atoms with E-state index in [1.54, 1.807) is 0 Å². The zero-order valence-electron chi connectivity index (χ0n) is 10.7. The molecule has 0 spiro atoms. The van der Waals surface area contributed by atoms with E-state index < -0.39 is 0 Å². The molecule has 2 N–H and O–H groups in total. The average Bonchev–Trinajstić information content (AvgIpc) is 2.85. The molecule has 4 nitrogen and oxygen atoms in total. The minimum absolute atomic E-state index is 0.0642. The fourth-order valence-electron chi connectivity index (χ4n) is 2.50. The lowest BCUT2D eigenvalue weighted by molar-refractivity contribution is 0.173. The SMILES string of the molecule is CNC1(CO)CCC(Sc2cc(C)nn2C)C1. The van der Waals surface area contributed by atoms with E-state index >= 15 is 0 Å². The second-order valence-corrected chi connectivity index (χ2v) is 6.24. The Balaban J connectivity index is 2.00. The number of rotatable bonds is 4. The summed E-state index contributed by atoms with van der Waals surface area (Å²) in [7, 11) is 3.93. The van der Waals surface area contributed by atoms with Gasteiger partial charge in [0.15, 0.2) is 0 Å². The Morgan fingerprint density at radius 3 is 2.94 bits per heavy atom. The van der Waals surface area contributed by atoms with E-state index in [2.05, 4.69) is 16.5 Å². The summed E-state index contributed by atoms with van der Waals surface area (Å²) >= 11 is 1.88. The Morgan fingerprint density at radius 2 is 2.47 bits per heavy atom. The van der Waals surface area contributed by atoms with Crippen LogP contribution in [0.4, 0.5) is 0 Å². The first-order valence-corrected chi connectivity index (χ1v) is 6.93. The van der Waals surface area contributed by atoms with Crippen molar-refractivity contribution in [3.63, 3.8) is 0 Å². The van der Waals surface area contributed by atoms with Crippen molar-refractivity contribution in [1.29, 1.82) is 0 Å². The molecule has 1 saturated carbocycles. The lowest BCUT2D eigenvalue weighted by Crippen LogP contribution is -2.44. The van der Waals surface area contributed by atoms with Gasteiger partial charge in [-0.1, -0.05) is 0 Å². The van der Waals surface area contributed by atoms with Crippen LogP contribution in [0.1, 0.15) is 25.0 Å². The van der Waals surface area contributed by atoms with E-state index in [0.29, 0.717) is 5.25 Å². The maximum absolute atomic E-state index is 9.47. The summed E-state index contributed by atoms with van der Waals surface area (Å²) in [5.74, 6) is 0. The topological polar surface area (TPSA) is 50.1 Å². The van der Waals surface area contributed by atoms with Gasteiger partial charge in [-0.3, -0.25) is 4.68 Å². The molecule has 1 aromatic rings. The Kier molecular flexibility index (Phi) is 3.80. The third kappa shape index (κ3) is 2.67. The highest BCUT2D eigenvalue weighted by Gasteiger charge is 2.38. The summed E-state index contributed by atoms with van der Waals surface area (Å²) < 4.78 is 1.94. The number of aromatic nitrogens is 2. The lowest BCUT2D eigenvalue weighted by atomic mass is 10.00. The van der Waals surface area contributed by atoms with Gasteiger partial charge in [-0.05, 0) is 39.3 Å². The van der Waals surface area contributed by atoms with Gasteiger partial charge >= 0.3 is 0 Å². The van der Waals surface area contributed by atoms with Gasteiger partial charge in [-0.15, -0.1) is 11.8 Å². The second kappa shape index (κ2) is 5.00. The monoisotopic (exact) mass is 255 g/mol. The molecule has 5 heteroatoms. The molecule has 0 aromatic carbocycles. The molecule has 2 rings (SSSR count). The zero-order valence-corrected chi connectivity index (χ0v) is 11.5. The third-order valence-electron chi connectivity index (χ3n) is 3.64. The van der Waals surface area contributed by atoms with Crippen LogP contribution in [0.5, 0.6) is 0 Å². The minimum Gasteiger partial charge on any atom is -0.394 e. The number of aliphatic hydroxyl groups excluding tert-OH is 1. The Labute approximate surface area is 107 Å². The summed E-state index contributed by atoms with van der Waals surface area (Å²) in [6, 6.07) is 2.13. The van der Waals surface area contributed by atoms with Crippen LogP contribution in [0, 0.1) is 6.92 Å². The lowest BCUT2D eigenvalue weighted by Gasteiger charge is -2.26. The number of likely N-dealkylation sites (N-methyl/N-ethyl adjacent to an activating group) is 1. The molecule has 0 radical (unpaired) electrons. The molecule has 1 heterocycles. The van der Waals surface area contributed by atoms with Crippen molar-refractivity contribution >= 4 is 11.8 Å². The molecule has 1 fully saturated rings. The predicted molar refractivity (Wildman–Crippen MR) is 70.3 cm³/mol. The van der Waals surface area contributed by atoms with Crippen LogP contribution in [0.25, 0.3) is 0 Å². The quantitative estimate of drug-likeness (QED) is 0.852. The predicted octanol–water partition coefficient (Wildman–Crippen LogP) is 1.32. The molecular formula is C12H21N3OS. The van der Waals surface area contributed by atoms with Crippen molar-refractivity contribution in [3.8, 4) is 0 Å².